The minimum absolute atomic E-state index is 0.0975. The second kappa shape index (κ2) is 7.15. The number of aromatic nitrogens is 4. The lowest BCUT2D eigenvalue weighted by Crippen LogP contribution is -2.35. The van der Waals surface area contributed by atoms with Crippen LogP contribution in [-0.2, 0) is 11.8 Å². The van der Waals surface area contributed by atoms with E-state index in [4.69, 9.17) is 4.74 Å². The fourth-order valence-electron chi connectivity index (χ4n) is 3.86. The number of rotatable bonds is 5. The Balaban J connectivity index is 1.38. The van der Waals surface area contributed by atoms with Crippen LogP contribution in [-0.4, -0.2) is 72.1 Å². The van der Waals surface area contributed by atoms with E-state index in [2.05, 4.69) is 25.3 Å². The summed E-state index contributed by atoms with van der Waals surface area (Å²) in [5.74, 6) is 2.39. The molecule has 0 spiro atoms. The molecule has 4 heterocycles. The maximum atomic E-state index is 12.3. The fraction of sp³-hybridized carbons (Fsp3) is 0.556. The van der Waals surface area contributed by atoms with Crippen molar-refractivity contribution in [3.8, 4) is 0 Å². The molecule has 0 radical (unpaired) electrons. The molecule has 2 saturated heterocycles. The van der Waals surface area contributed by atoms with Crippen molar-refractivity contribution in [3.05, 3.63) is 30.4 Å². The Bertz CT molecular complexity index is 822. The van der Waals surface area contributed by atoms with Crippen molar-refractivity contribution in [1.82, 2.24) is 25.1 Å². The molecule has 2 aliphatic rings. The van der Waals surface area contributed by atoms with Gasteiger partial charge in [-0.2, -0.15) is 5.10 Å². The summed E-state index contributed by atoms with van der Waals surface area (Å²) < 4.78 is 7.58. The largest absolute Gasteiger partial charge is 0.376 e. The highest BCUT2D eigenvalue weighted by atomic mass is 16.5. The zero-order valence-electron chi connectivity index (χ0n) is 15.9. The molecule has 0 bridgehead atoms. The number of hydrogen-bond donors (Lipinski definition) is 1. The van der Waals surface area contributed by atoms with E-state index in [0.717, 1.165) is 24.7 Å². The van der Waals surface area contributed by atoms with Crippen LogP contribution >= 0.6 is 0 Å². The van der Waals surface area contributed by atoms with Gasteiger partial charge in [0, 0.05) is 64.9 Å². The van der Waals surface area contributed by atoms with E-state index >= 15 is 0 Å². The molecule has 1 N–H and O–H groups in total. The van der Waals surface area contributed by atoms with Crippen LogP contribution in [0.3, 0.4) is 0 Å². The average molecular weight is 371 g/mol. The molecule has 9 nitrogen and oxygen atoms in total. The van der Waals surface area contributed by atoms with Crippen molar-refractivity contribution in [1.29, 1.82) is 0 Å². The number of nitrogens with one attached hydrogen (secondary N) is 1. The van der Waals surface area contributed by atoms with E-state index in [-0.39, 0.29) is 12.0 Å². The molecular formula is C18H25N7O2. The third-order valence-corrected chi connectivity index (χ3v) is 5.44. The zero-order valence-corrected chi connectivity index (χ0v) is 15.9. The second-order valence-electron chi connectivity index (χ2n) is 7.38. The maximum absolute atomic E-state index is 12.3. The number of hydrogen-bond acceptors (Lipinski definition) is 7. The third kappa shape index (κ3) is 3.46. The predicted octanol–water partition coefficient (Wildman–Crippen LogP) is 0.157. The van der Waals surface area contributed by atoms with Crippen LogP contribution in [0.2, 0.25) is 0 Å². The molecule has 144 valence electrons. The molecule has 1 amide bonds. The van der Waals surface area contributed by atoms with Crippen molar-refractivity contribution in [2.24, 2.45) is 18.9 Å². The molecule has 4 rings (SSSR count). The Morgan fingerprint density at radius 1 is 1.37 bits per heavy atom. The average Bonchev–Trinajstić information content (AvgIpc) is 3.35. The lowest BCUT2D eigenvalue weighted by Gasteiger charge is -2.22. The number of carbonyl (C=O) groups excluding carboxylic acids is 1. The number of carbonyl (C=O) groups is 1. The number of fused-ring (bicyclic) bond motifs is 1. The monoisotopic (exact) mass is 371 g/mol. The highest BCUT2D eigenvalue weighted by Gasteiger charge is 2.44. The standard InChI is InChI=1S/C18H25N7O2/c1-23(2)16-6-17(21-11-20-16)25-8-13-12(10-27-15(13)9-25)7-19-18(26)14-4-5-22-24(14)3/h4-6,11-13,15H,7-10H2,1-3H3,(H,19,26)/t12-,13+,15+/m1/s1. The molecule has 0 aromatic carbocycles. The summed E-state index contributed by atoms with van der Waals surface area (Å²) >= 11 is 0. The van der Waals surface area contributed by atoms with Crippen LogP contribution in [0.1, 0.15) is 10.5 Å². The maximum Gasteiger partial charge on any atom is 0.269 e. The number of nitrogens with zero attached hydrogens (tertiary/aromatic N) is 6. The van der Waals surface area contributed by atoms with Gasteiger partial charge >= 0.3 is 0 Å². The molecule has 9 heteroatoms. The lowest BCUT2D eigenvalue weighted by molar-refractivity contribution is 0.0930. The van der Waals surface area contributed by atoms with Crippen molar-refractivity contribution in [2.75, 3.05) is 50.1 Å². The summed E-state index contributed by atoms with van der Waals surface area (Å²) in [6.45, 7) is 2.98. The predicted molar refractivity (Wildman–Crippen MR) is 101 cm³/mol. The Kier molecular flexibility index (Phi) is 4.69. The first-order valence-corrected chi connectivity index (χ1v) is 9.15. The Morgan fingerprint density at radius 3 is 2.96 bits per heavy atom. The van der Waals surface area contributed by atoms with Gasteiger partial charge in [-0.15, -0.1) is 0 Å². The fourth-order valence-corrected chi connectivity index (χ4v) is 3.86. The summed E-state index contributed by atoms with van der Waals surface area (Å²) in [5, 5.41) is 7.07. The van der Waals surface area contributed by atoms with Crippen LogP contribution in [0.25, 0.3) is 0 Å². The van der Waals surface area contributed by atoms with Crippen LogP contribution in [0.4, 0.5) is 11.6 Å². The first kappa shape index (κ1) is 17.7. The van der Waals surface area contributed by atoms with E-state index in [1.807, 2.05) is 25.1 Å². The number of anilines is 2. The molecule has 2 aromatic heterocycles. The number of amides is 1. The van der Waals surface area contributed by atoms with Gasteiger partial charge in [-0.1, -0.05) is 0 Å². The topological polar surface area (TPSA) is 88.4 Å². The molecule has 2 fully saturated rings. The SMILES string of the molecule is CN(C)c1cc(N2C[C@H]3[C@H](CNC(=O)c4ccnn4C)CO[C@H]3C2)ncn1. The Morgan fingerprint density at radius 2 is 2.22 bits per heavy atom. The molecule has 0 aliphatic carbocycles. The molecule has 0 unspecified atom stereocenters. The summed E-state index contributed by atoms with van der Waals surface area (Å²) in [6, 6.07) is 3.72. The minimum Gasteiger partial charge on any atom is -0.376 e. The van der Waals surface area contributed by atoms with E-state index < -0.39 is 0 Å². The highest BCUT2D eigenvalue weighted by molar-refractivity contribution is 5.92. The summed E-state index contributed by atoms with van der Waals surface area (Å²) in [6.07, 6.45) is 3.41. The molecular weight excluding hydrogens is 346 g/mol. The molecule has 0 saturated carbocycles. The summed E-state index contributed by atoms with van der Waals surface area (Å²) in [5.41, 5.74) is 0.565. The van der Waals surface area contributed by atoms with Crippen molar-refractivity contribution in [3.63, 3.8) is 0 Å². The molecule has 27 heavy (non-hydrogen) atoms. The normalized spacial score (nSPS) is 24.1. The molecule has 2 aromatic rings. The lowest BCUT2D eigenvalue weighted by atomic mass is 9.93. The Hall–Kier alpha value is -2.68. The van der Waals surface area contributed by atoms with Crippen LogP contribution in [0.15, 0.2) is 24.7 Å². The smallest absolute Gasteiger partial charge is 0.269 e. The summed E-state index contributed by atoms with van der Waals surface area (Å²) in [7, 11) is 5.70. The van der Waals surface area contributed by atoms with Gasteiger partial charge in [0.05, 0.1) is 12.7 Å². The van der Waals surface area contributed by atoms with Gasteiger partial charge in [0.25, 0.3) is 5.91 Å². The summed E-state index contributed by atoms with van der Waals surface area (Å²) in [4.78, 5) is 25.2. The first-order chi connectivity index (χ1) is 13.0. The van der Waals surface area contributed by atoms with Gasteiger partial charge in [-0.25, -0.2) is 9.97 Å². The van der Waals surface area contributed by atoms with Crippen molar-refractivity contribution < 1.29 is 9.53 Å². The van der Waals surface area contributed by atoms with Gasteiger partial charge in [0.15, 0.2) is 0 Å². The van der Waals surface area contributed by atoms with Crippen LogP contribution in [0, 0.1) is 11.8 Å². The minimum atomic E-state index is -0.0975. The van der Waals surface area contributed by atoms with Gasteiger partial charge in [0.2, 0.25) is 0 Å². The van der Waals surface area contributed by atoms with Crippen LogP contribution in [0.5, 0.6) is 0 Å². The van der Waals surface area contributed by atoms with E-state index in [1.54, 1.807) is 30.3 Å². The van der Waals surface area contributed by atoms with E-state index in [9.17, 15) is 4.79 Å². The van der Waals surface area contributed by atoms with Gasteiger partial charge in [-0.3, -0.25) is 9.48 Å². The quantitative estimate of drug-likeness (QED) is 0.801. The highest BCUT2D eigenvalue weighted by Crippen LogP contribution is 2.35. The van der Waals surface area contributed by atoms with Gasteiger partial charge < -0.3 is 19.9 Å². The number of ether oxygens (including phenoxy) is 1. The third-order valence-electron chi connectivity index (χ3n) is 5.44. The van der Waals surface area contributed by atoms with E-state index in [1.165, 1.54) is 0 Å². The van der Waals surface area contributed by atoms with Crippen molar-refractivity contribution >= 4 is 17.5 Å². The van der Waals surface area contributed by atoms with Gasteiger partial charge in [-0.05, 0) is 6.07 Å². The number of aryl methyl sites for hydroxylation is 1. The zero-order chi connectivity index (χ0) is 19.0. The molecule has 2 aliphatic heterocycles. The molecule has 3 atom stereocenters. The van der Waals surface area contributed by atoms with Crippen LogP contribution < -0.4 is 15.1 Å². The van der Waals surface area contributed by atoms with Gasteiger partial charge in [0.1, 0.15) is 23.7 Å². The second-order valence-corrected chi connectivity index (χ2v) is 7.38. The Labute approximate surface area is 158 Å². The van der Waals surface area contributed by atoms with E-state index in [0.29, 0.717) is 30.7 Å². The van der Waals surface area contributed by atoms with Crippen molar-refractivity contribution in [2.45, 2.75) is 6.10 Å². The first-order valence-electron chi connectivity index (χ1n) is 9.15.